The molecule has 8 heteroatoms. The minimum absolute atomic E-state index is 0.00755. The Morgan fingerprint density at radius 3 is 2.56 bits per heavy atom. The molecule has 3 rings (SSSR count). The molecule has 1 aliphatic rings. The summed E-state index contributed by atoms with van der Waals surface area (Å²) in [5.74, 6) is 5.82. The summed E-state index contributed by atoms with van der Waals surface area (Å²) in [4.78, 5) is 7.83. The summed E-state index contributed by atoms with van der Waals surface area (Å²) in [6.45, 7) is -0.820. The molecule has 2 unspecified atom stereocenters. The van der Waals surface area contributed by atoms with Crippen molar-refractivity contribution in [1.82, 2.24) is 9.97 Å². The topological polar surface area (TPSA) is 47.0 Å². The summed E-state index contributed by atoms with van der Waals surface area (Å²) in [5.41, 5.74) is 0.421. The van der Waals surface area contributed by atoms with Crippen molar-refractivity contribution in [2.24, 2.45) is 11.8 Å². The maximum absolute atomic E-state index is 14.1. The molecule has 1 saturated carbocycles. The zero-order chi connectivity index (χ0) is 18.0. The summed E-state index contributed by atoms with van der Waals surface area (Å²) in [5, 5.41) is 2.38. The number of ether oxygens (including phenoxy) is 1. The fraction of sp³-hybridized carbons (Fsp3) is 0.294. The van der Waals surface area contributed by atoms with E-state index in [1.807, 2.05) is 0 Å². The lowest BCUT2D eigenvalue weighted by Crippen LogP contribution is -2.03. The number of alkyl halides is 2. The van der Waals surface area contributed by atoms with E-state index >= 15 is 0 Å². The summed E-state index contributed by atoms with van der Waals surface area (Å²) < 4.78 is 42.6. The summed E-state index contributed by atoms with van der Waals surface area (Å²) >= 11 is 5.79. The Bertz CT molecular complexity index is 834. The van der Waals surface area contributed by atoms with Gasteiger partial charge < -0.3 is 10.1 Å². The number of anilines is 2. The molecule has 1 aliphatic carbocycles. The first-order valence-electron chi connectivity index (χ1n) is 7.49. The Labute approximate surface area is 147 Å². The van der Waals surface area contributed by atoms with E-state index in [1.54, 1.807) is 0 Å². The van der Waals surface area contributed by atoms with Crippen molar-refractivity contribution in [2.75, 3.05) is 5.32 Å². The molecule has 1 aromatic carbocycles. The molecule has 1 fully saturated rings. The average Bonchev–Trinajstić information content (AvgIpc) is 3.27. The van der Waals surface area contributed by atoms with Crippen LogP contribution in [0.5, 0.6) is 5.75 Å². The number of rotatable bonds is 4. The zero-order valence-electron chi connectivity index (χ0n) is 13.1. The van der Waals surface area contributed by atoms with Crippen LogP contribution in [0, 0.1) is 29.5 Å². The number of benzene rings is 1. The molecular weight excluding hydrogens is 355 g/mol. The van der Waals surface area contributed by atoms with Gasteiger partial charge in [0, 0.05) is 11.6 Å². The van der Waals surface area contributed by atoms with Crippen molar-refractivity contribution in [3.05, 3.63) is 41.1 Å². The molecule has 0 aliphatic heterocycles. The number of nitrogens with one attached hydrogen (secondary N) is 1. The first-order valence-corrected chi connectivity index (χ1v) is 7.86. The molecule has 0 radical (unpaired) electrons. The van der Waals surface area contributed by atoms with Gasteiger partial charge in [-0.1, -0.05) is 24.4 Å². The van der Waals surface area contributed by atoms with Crippen LogP contribution in [-0.2, 0) is 0 Å². The van der Waals surface area contributed by atoms with Crippen LogP contribution in [0.1, 0.15) is 19.2 Å². The lowest BCUT2D eigenvalue weighted by atomic mass is 10.3. The molecule has 1 N–H and O–H groups in total. The van der Waals surface area contributed by atoms with E-state index < -0.39 is 12.4 Å². The van der Waals surface area contributed by atoms with E-state index in [1.165, 1.54) is 24.3 Å². The van der Waals surface area contributed by atoms with E-state index in [9.17, 15) is 13.2 Å². The van der Waals surface area contributed by atoms with Gasteiger partial charge in [-0.2, -0.15) is 18.2 Å². The van der Waals surface area contributed by atoms with E-state index in [4.69, 9.17) is 11.6 Å². The van der Waals surface area contributed by atoms with Crippen LogP contribution in [0.3, 0.4) is 0 Å². The average molecular weight is 368 g/mol. The smallest absolute Gasteiger partial charge is 0.387 e. The van der Waals surface area contributed by atoms with Gasteiger partial charge in [0.05, 0.1) is 0 Å². The minimum Gasteiger partial charge on any atom is -0.435 e. The molecule has 130 valence electrons. The van der Waals surface area contributed by atoms with Crippen molar-refractivity contribution in [3.8, 4) is 17.6 Å². The lowest BCUT2D eigenvalue weighted by Gasteiger charge is -2.09. The lowest BCUT2D eigenvalue weighted by molar-refractivity contribution is -0.0498. The Morgan fingerprint density at radius 2 is 1.96 bits per heavy atom. The molecule has 0 amide bonds. The van der Waals surface area contributed by atoms with E-state index in [2.05, 4.69) is 38.8 Å². The van der Waals surface area contributed by atoms with E-state index in [0.29, 0.717) is 17.5 Å². The van der Waals surface area contributed by atoms with Crippen LogP contribution in [0.4, 0.5) is 24.7 Å². The van der Waals surface area contributed by atoms with Crippen molar-refractivity contribution >= 4 is 23.1 Å². The molecule has 0 saturated heterocycles. The maximum Gasteiger partial charge on any atom is 0.387 e. The molecule has 2 atom stereocenters. The van der Waals surface area contributed by atoms with Gasteiger partial charge in [-0.15, -0.1) is 0 Å². The summed E-state index contributed by atoms with van der Waals surface area (Å²) in [7, 11) is 0. The predicted molar refractivity (Wildman–Crippen MR) is 87.5 cm³/mol. The third-order valence-corrected chi connectivity index (χ3v) is 3.88. The van der Waals surface area contributed by atoms with Crippen molar-refractivity contribution in [1.29, 1.82) is 0 Å². The zero-order valence-corrected chi connectivity index (χ0v) is 13.8. The maximum atomic E-state index is 14.1. The second kappa shape index (κ2) is 7.19. The Hall–Kier alpha value is -2.46. The highest BCUT2D eigenvalue weighted by molar-refractivity contribution is 6.29. The molecule has 1 aromatic heterocycles. The second-order valence-electron chi connectivity index (χ2n) is 5.62. The van der Waals surface area contributed by atoms with Gasteiger partial charge in [0.25, 0.3) is 0 Å². The quantitative estimate of drug-likeness (QED) is 0.632. The van der Waals surface area contributed by atoms with Crippen LogP contribution in [0.15, 0.2) is 24.3 Å². The SMILES string of the molecule is CC1CC1C#Cc1nc(Cl)c(F)c(Nc2ccc(OC(F)F)cc2)n1. The highest BCUT2D eigenvalue weighted by Crippen LogP contribution is 2.36. The molecule has 25 heavy (non-hydrogen) atoms. The number of aromatic nitrogens is 2. The van der Waals surface area contributed by atoms with Gasteiger partial charge in [-0.3, -0.25) is 0 Å². The van der Waals surface area contributed by atoms with Gasteiger partial charge in [-0.25, -0.2) is 4.98 Å². The van der Waals surface area contributed by atoms with E-state index in [-0.39, 0.29) is 22.5 Å². The highest BCUT2D eigenvalue weighted by atomic mass is 35.5. The predicted octanol–water partition coefficient (Wildman–Crippen LogP) is 4.62. The number of nitrogens with zero attached hydrogens (tertiary/aromatic N) is 2. The van der Waals surface area contributed by atoms with Gasteiger partial charge in [-0.05, 0) is 42.5 Å². The van der Waals surface area contributed by atoms with Crippen LogP contribution in [-0.4, -0.2) is 16.6 Å². The second-order valence-corrected chi connectivity index (χ2v) is 5.98. The monoisotopic (exact) mass is 367 g/mol. The van der Waals surface area contributed by atoms with Gasteiger partial charge >= 0.3 is 6.61 Å². The van der Waals surface area contributed by atoms with Gasteiger partial charge in [0.15, 0.2) is 11.0 Å². The largest absolute Gasteiger partial charge is 0.435 e. The van der Waals surface area contributed by atoms with E-state index in [0.717, 1.165) is 6.42 Å². The third kappa shape index (κ3) is 4.54. The molecule has 1 heterocycles. The first kappa shape index (κ1) is 17.4. The number of hydrogen-bond acceptors (Lipinski definition) is 4. The first-order chi connectivity index (χ1) is 11.9. The van der Waals surface area contributed by atoms with Crippen LogP contribution < -0.4 is 10.1 Å². The van der Waals surface area contributed by atoms with Crippen LogP contribution >= 0.6 is 11.6 Å². The van der Waals surface area contributed by atoms with Gasteiger partial charge in [0.2, 0.25) is 11.6 Å². The summed E-state index contributed by atoms with van der Waals surface area (Å²) in [6, 6.07) is 5.55. The van der Waals surface area contributed by atoms with Crippen molar-refractivity contribution in [3.63, 3.8) is 0 Å². The third-order valence-electron chi connectivity index (χ3n) is 3.63. The van der Waals surface area contributed by atoms with Crippen molar-refractivity contribution in [2.45, 2.75) is 20.0 Å². The highest BCUT2D eigenvalue weighted by Gasteiger charge is 2.30. The molecule has 0 spiro atoms. The van der Waals surface area contributed by atoms with Crippen LogP contribution in [0.25, 0.3) is 0 Å². The Morgan fingerprint density at radius 1 is 1.28 bits per heavy atom. The minimum atomic E-state index is -2.91. The molecule has 0 bridgehead atoms. The summed E-state index contributed by atoms with van der Waals surface area (Å²) in [6.07, 6.45) is 1.03. The molecule has 2 aromatic rings. The number of halogens is 4. The fourth-order valence-corrected chi connectivity index (χ4v) is 2.26. The number of hydrogen-bond donors (Lipinski definition) is 1. The van der Waals surface area contributed by atoms with Crippen LogP contribution in [0.2, 0.25) is 5.15 Å². The van der Waals surface area contributed by atoms with Crippen molar-refractivity contribution < 1.29 is 17.9 Å². The molecule has 4 nitrogen and oxygen atoms in total. The Balaban J connectivity index is 1.78. The Kier molecular flexibility index (Phi) is 5.00. The molecular formula is C17H13ClF3N3O. The standard InChI is InChI=1S/C17H13ClF3N3O/c1-9-8-10(9)2-7-13-23-15(18)14(19)16(24-13)22-11-3-5-12(6-4-11)25-17(20)21/h3-6,9-10,17H,8H2,1H3,(H,22,23,24). The fourth-order valence-electron chi connectivity index (χ4n) is 2.10. The normalized spacial score (nSPS) is 18.5. The van der Waals surface area contributed by atoms with Gasteiger partial charge in [0.1, 0.15) is 5.75 Å².